The van der Waals surface area contributed by atoms with Crippen LogP contribution in [0.4, 0.5) is 0 Å². The number of aryl methyl sites for hydroxylation is 1. The van der Waals surface area contributed by atoms with Gasteiger partial charge in [-0.2, -0.15) is 4.31 Å². The number of aromatic nitrogens is 1. The van der Waals surface area contributed by atoms with Gasteiger partial charge in [0.25, 0.3) is 0 Å². The van der Waals surface area contributed by atoms with E-state index in [1.54, 1.807) is 6.07 Å². The van der Waals surface area contributed by atoms with Gasteiger partial charge in [0, 0.05) is 36.6 Å². The number of carbonyl (C=O) groups is 2. The lowest BCUT2D eigenvalue weighted by Crippen LogP contribution is -2.28. The van der Waals surface area contributed by atoms with Crippen LogP contribution in [-0.2, 0) is 21.3 Å². The van der Waals surface area contributed by atoms with E-state index >= 15 is 0 Å². The molecule has 0 N–H and O–H groups in total. The van der Waals surface area contributed by atoms with Crippen molar-refractivity contribution in [3.8, 4) is 5.75 Å². The number of hydrogen-bond acceptors (Lipinski definition) is 6. The van der Waals surface area contributed by atoms with Gasteiger partial charge in [-0.05, 0) is 57.4 Å². The maximum atomic E-state index is 13.0. The molecule has 0 radical (unpaired) electrons. The summed E-state index contributed by atoms with van der Waals surface area (Å²) in [6, 6.07) is 5.92. The van der Waals surface area contributed by atoms with Gasteiger partial charge in [0.2, 0.25) is 15.8 Å². The number of ether oxygens (including phenoxy) is 2. The average molecular weight is 463 g/mol. The second-order valence-electron chi connectivity index (χ2n) is 7.91. The number of benzene rings is 1. The molecule has 1 aromatic carbocycles. The molecule has 0 aliphatic carbocycles. The summed E-state index contributed by atoms with van der Waals surface area (Å²) in [5.41, 5.74) is 2.39. The van der Waals surface area contributed by atoms with Crippen LogP contribution in [0, 0.1) is 13.8 Å². The first kappa shape index (κ1) is 24.0. The Balaban J connectivity index is 1.77. The molecule has 9 heteroatoms. The largest absolute Gasteiger partial charge is 0.495 e. The van der Waals surface area contributed by atoms with E-state index in [0.29, 0.717) is 18.7 Å². The summed E-state index contributed by atoms with van der Waals surface area (Å²) in [4.78, 5) is 25.2. The van der Waals surface area contributed by atoms with Gasteiger partial charge in [0.1, 0.15) is 10.6 Å². The van der Waals surface area contributed by atoms with Gasteiger partial charge in [-0.25, -0.2) is 13.2 Å². The Kier molecular flexibility index (Phi) is 7.40. The van der Waals surface area contributed by atoms with E-state index in [0.717, 1.165) is 37.2 Å². The Bertz CT molecular complexity index is 1110. The SMILES string of the molecule is CCCn1c(C)cc(C(=O)COC(=O)c2ccc(OC)c(S(=O)(=O)N3CCCC3)c2)c1C. The number of carbonyl (C=O) groups excluding carboxylic acids is 2. The van der Waals surface area contributed by atoms with Gasteiger partial charge in [0.15, 0.2) is 6.61 Å². The first-order chi connectivity index (χ1) is 15.2. The Hall–Kier alpha value is -2.65. The monoisotopic (exact) mass is 462 g/mol. The van der Waals surface area contributed by atoms with Crippen molar-refractivity contribution >= 4 is 21.8 Å². The van der Waals surface area contributed by atoms with Crippen LogP contribution >= 0.6 is 0 Å². The minimum absolute atomic E-state index is 0.0489. The van der Waals surface area contributed by atoms with E-state index in [1.165, 1.54) is 29.6 Å². The fourth-order valence-corrected chi connectivity index (χ4v) is 5.71. The van der Waals surface area contributed by atoms with Crippen molar-refractivity contribution in [3.05, 3.63) is 46.8 Å². The molecular weight excluding hydrogens is 432 g/mol. The highest BCUT2D eigenvalue weighted by molar-refractivity contribution is 7.89. The normalized spacial score (nSPS) is 14.5. The summed E-state index contributed by atoms with van der Waals surface area (Å²) >= 11 is 0. The summed E-state index contributed by atoms with van der Waals surface area (Å²) in [6.07, 6.45) is 2.54. The third-order valence-electron chi connectivity index (χ3n) is 5.74. The van der Waals surface area contributed by atoms with Crippen molar-refractivity contribution in [2.45, 2.75) is 51.5 Å². The lowest BCUT2D eigenvalue weighted by atomic mass is 10.1. The maximum absolute atomic E-state index is 13.0. The molecule has 32 heavy (non-hydrogen) atoms. The number of sulfonamides is 1. The number of methoxy groups -OCH3 is 1. The van der Waals surface area contributed by atoms with Crippen molar-refractivity contribution < 1.29 is 27.5 Å². The Morgan fingerprint density at radius 3 is 2.41 bits per heavy atom. The van der Waals surface area contributed by atoms with Gasteiger partial charge in [-0.15, -0.1) is 0 Å². The fourth-order valence-electron chi connectivity index (χ4n) is 4.02. The van der Waals surface area contributed by atoms with Crippen LogP contribution < -0.4 is 4.74 Å². The summed E-state index contributed by atoms with van der Waals surface area (Å²) < 4.78 is 39.9. The van der Waals surface area contributed by atoms with Crippen LogP contribution in [0.1, 0.15) is 58.3 Å². The molecule has 1 aliphatic rings. The molecule has 1 aliphatic heterocycles. The Morgan fingerprint density at radius 1 is 1.09 bits per heavy atom. The van der Waals surface area contributed by atoms with Crippen molar-refractivity contribution in [1.29, 1.82) is 0 Å². The van der Waals surface area contributed by atoms with Crippen LogP contribution in [0.25, 0.3) is 0 Å². The van der Waals surface area contributed by atoms with E-state index in [2.05, 4.69) is 11.5 Å². The molecule has 1 saturated heterocycles. The summed E-state index contributed by atoms with van der Waals surface area (Å²) in [5, 5.41) is 0. The molecule has 174 valence electrons. The topological polar surface area (TPSA) is 94.9 Å². The van der Waals surface area contributed by atoms with Gasteiger partial charge in [0.05, 0.1) is 12.7 Å². The van der Waals surface area contributed by atoms with Crippen molar-refractivity contribution in [1.82, 2.24) is 8.87 Å². The van der Waals surface area contributed by atoms with Gasteiger partial charge in [-0.3, -0.25) is 4.79 Å². The Morgan fingerprint density at radius 2 is 1.78 bits per heavy atom. The van der Waals surface area contributed by atoms with E-state index in [1.807, 2.05) is 13.8 Å². The molecule has 0 amide bonds. The number of rotatable bonds is 9. The van der Waals surface area contributed by atoms with Gasteiger partial charge >= 0.3 is 5.97 Å². The minimum Gasteiger partial charge on any atom is -0.495 e. The minimum atomic E-state index is -3.79. The average Bonchev–Trinajstić information content (AvgIpc) is 3.42. The predicted molar refractivity (Wildman–Crippen MR) is 120 cm³/mol. The lowest BCUT2D eigenvalue weighted by molar-refractivity contribution is 0.0474. The number of hydrogen-bond donors (Lipinski definition) is 0. The fraction of sp³-hybridized carbons (Fsp3) is 0.478. The molecule has 0 atom stereocenters. The number of Topliss-reactive ketones (excluding diaryl/α,β-unsaturated/α-hetero) is 1. The molecule has 1 aromatic heterocycles. The van der Waals surface area contributed by atoms with Crippen LogP contribution in [0.5, 0.6) is 5.75 Å². The molecule has 8 nitrogen and oxygen atoms in total. The molecular formula is C23H30N2O6S. The highest BCUT2D eigenvalue weighted by atomic mass is 32.2. The van der Waals surface area contributed by atoms with E-state index in [4.69, 9.17) is 9.47 Å². The number of esters is 1. The smallest absolute Gasteiger partial charge is 0.338 e. The first-order valence-electron chi connectivity index (χ1n) is 10.8. The van der Waals surface area contributed by atoms with Crippen LogP contribution in [-0.4, -0.2) is 55.8 Å². The predicted octanol–water partition coefficient (Wildman–Crippen LogP) is 3.35. The third kappa shape index (κ3) is 4.73. The van der Waals surface area contributed by atoms with E-state index in [9.17, 15) is 18.0 Å². The van der Waals surface area contributed by atoms with Crippen LogP contribution in [0.3, 0.4) is 0 Å². The van der Waals surface area contributed by atoms with Gasteiger partial charge in [-0.1, -0.05) is 6.92 Å². The standard InChI is InChI=1S/C23H30N2O6S/c1-5-10-25-16(2)13-19(17(25)3)20(26)15-31-23(27)18-8-9-21(30-4)22(14-18)32(28,29)24-11-6-7-12-24/h8-9,13-14H,5-7,10-12,15H2,1-4H3. The number of ketones is 1. The summed E-state index contributed by atoms with van der Waals surface area (Å²) in [5.74, 6) is -0.902. The molecule has 1 fully saturated rings. The highest BCUT2D eigenvalue weighted by Gasteiger charge is 2.31. The lowest BCUT2D eigenvalue weighted by Gasteiger charge is -2.18. The van der Waals surface area contributed by atoms with Crippen molar-refractivity contribution in [3.63, 3.8) is 0 Å². The molecule has 0 unspecified atom stereocenters. The number of nitrogens with zero attached hydrogens (tertiary/aromatic N) is 2. The second-order valence-corrected chi connectivity index (χ2v) is 9.82. The van der Waals surface area contributed by atoms with Crippen LogP contribution in [0.15, 0.2) is 29.2 Å². The molecule has 2 heterocycles. The van der Waals surface area contributed by atoms with Crippen LogP contribution in [0.2, 0.25) is 0 Å². The van der Waals surface area contributed by atoms with Crippen molar-refractivity contribution in [2.75, 3.05) is 26.8 Å². The Labute approximate surface area is 189 Å². The zero-order valence-corrected chi connectivity index (χ0v) is 19.8. The van der Waals surface area contributed by atoms with E-state index < -0.39 is 22.6 Å². The second kappa shape index (κ2) is 9.87. The molecule has 3 rings (SSSR count). The van der Waals surface area contributed by atoms with Crippen molar-refractivity contribution in [2.24, 2.45) is 0 Å². The summed E-state index contributed by atoms with van der Waals surface area (Å²) in [7, 11) is -2.42. The summed E-state index contributed by atoms with van der Waals surface area (Å²) in [6.45, 7) is 7.13. The van der Waals surface area contributed by atoms with E-state index in [-0.39, 0.29) is 22.0 Å². The first-order valence-corrected chi connectivity index (χ1v) is 12.2. The maximum Gasteiger partial charge on any atom is 0.338 e. The van der Waals surface area contributed by atoms with Gasteiger partial charge < -0.3 is 14.0 Å². The molecule has 0 bridgehead atoms. The third-order valence-corrected chi connectivity index (χ3v) is 7.66. The zero-order valence-electron chi connectivity index (χ0n) is 19.0. The molecule has 0 spiro atoms. The molecule has 0 saturated carbocycles. The zero-order chi connectivity index (χ0) is 23.5. The highest BCUT2D eigenvalue weighted by Crippen LogP contribution is 2.30. The molecule has 2 aromatic rings. The quantitative estimate of drug-likeness (QED) is 0.419.